The average Bonchev–Trinajstić information content (AvgIpc) is 2.40. The monoisotopic (exact) mass is 169 g/mol. The number of thiazole rings is 1. The Morgan fingerprint density at radius 3 is 3.27 bits per heavy atom. The molecule has 0 aliphatic heterocycles. The van der Waals surface area contributed by atoms with Gasteiger partial charge in [0.15, 0.2) is 0 Å². The van der Waals surface area contributed by atoms with Crippen LogP contribution >= 0.6 is 11.3 Å². The summed E-state index contributed by atoms with van der Waals surface area (Å²) in [7, 11) is 0. The molecule has 0 aliphatic carbocycles. The largest absolute Gasteiger partial charge is 0.398 e. The maximum absolute atomic E-state index is 10.8. The van der Waals surface area contributed by atoms with Crippen LogP contribution in [0.25, 0.3) is 0 Å². The molecule has 0 N–H and O–H groups in total. The zero-order valence-corrected chi connectivity index (χ0v) is 6.63. The predicted octanol–water partition coefficient (Wildman–Crippen LogP) is 1.62. The average molecular weight is 169 g/mol. The number of esters is 1. The van der Waals surface area contributed by atoms with Crippen molar-refractivity contribution in [3.8, 4) is 5.19 Å². The van der Waals surface area contributed by atoms with E-state index in [0.29, 0.717) is 5.19 Å². The number of ether oxygens (including phenoxy) is 1. The molecule has 0 spiro atoms. The highest BCUT2D eigenvalue weighted by atomic mass is 32.1. The smallest absolute Gasteiger partial charge is 0.316 e. The molecular formula is C7H7NO2S. The summed E-state index contributed by atoms with van der Waals surface area (Å²) < 4.78 is 4.79. The van der Waals surface area contributed by atoms with Gasteiger partial charge in [0.25, 0.3) is 5.19 Å². The van der Waals surface area contributed by atoms with Crippen LogP contribution in [0.1, 0.15) is 6.42 Å². The summed E-state index contributed by atoms with van der Waals surface area (Å²) in [4.78, 5) is 14.6. The second-order valence-electron chi connectivity index (χ2n) is 1.76. The van der Waals surface area contributed by atoms with Crippen LogP contribution in [0.15, 0.2) is 24.2 Å². The molecule has 0 radical (unpaired) electrons. The van der Waals surface area contributed by atoms with Gasteiger partial charge < -0.3 is 4.74 Å². The van der Waals surface area contributed by atoms with E-state index in [1.807, 2.05) is 0 Å². The summed E-state index contributed by atoms with van der Waals surface area (Å²) in [5.41, 5.74) is 0. The van der Waals surface area contributed by atoms with Gasteiger partial charge in [0.2, 0.25) is 0 Å². The predicted molar refractivity (Wildman–Crippen MR) is 42.6 cm³/mol. The molecule has 1 heterocycles. The van der Waals surface area contributed by atoms with Crippen LogP contribution in [-0.2, 0) is 4.79 Å². The fraction of sp³-hybridized carbons (Fsp3) is 0.143. The number of hydrogen-bond acceptors (Lipinski definition) is 4. The van der Waals surface area contributed by atoms with E-state index in [1.165, 1.54) is 17.4 Å². The SMILES string of the molecule is C=CCC(=O)Oc1nccs1. The first-order valence-corrected chi connectivity index (χ1v) is 3.92. The maximum Gasteiger partial charge on any atom is 0.316 e. The first kappa shape index (κ1) is 7.94. The van der Waals surface area contributed by atoms with Crippen molar-refractivity contribution < 1.29 is 9.53 Å². The minimum atomic E-state index is -0.324. The molecular weight excluding hydrogens is 162 g/mol. The van der Waals surface area contributed by atoms with Gasteiger partial charge in [0.05, 0.1) is 6.42 Å². The third-order valence-corrected chi connectivity index (χ3v) is 1.57. The van der Waals surface area contributed by atoms with Crippen molar-refractivity contribution >= 4 is 17.3 Å². The molecule has 0 saturated carbocycles. The zero-order valence-electron chi connectivity index (χ0n) is 5.82. The lowest BCUT2D eigenvalue weighted by molar-refractivity contribution is -0.133. The molecule has 0 bridgehead atoms. The van der Waals surface area contributed by atoms with Gasteiger partial charge in [-0.3, -0.25) is 4.79 Å². The third kappa shape index (κ3) is 2.51. The van der Waals surface area contributed by atoms with Crippen LogP contribution in [0.3, 0.4) is 0 Å². The Bertz CT molecular complexity index is 243. The third-order valence-electron chi connectivity index (χ3n) is 0.922. The Balaban J connectivity index is 2.43. The lowest BCUT2D eigenvalue weighted by Gasteiger charge is -1.94. The van der Waals surface area contributed by atoms with E-state index in [4.69, 9.17) is 4.74 Å². The van der Waals surface area contributed by atoms with Gasteiger partial charge in [-0.15, -0.1) is 6.58 Å². The van der Waals surface area contributed by atoms with E-state index in [9.17, 15) is 4.79 Å². The Labute approximate surface area is 68.3 Å². The highest BCUT2D eigenvalue weighted by Gasteiger charge is 2.02. The van der Waals surface area contributed by atoms with E-state index >= 15 is 0 Å². The van der Waals surface area contributed by atoms with Crippen molar-refractivity contribution in [2.75, 3.05) is 0 Å². The summed E-state index contributed by atoms with van der Waals surface area (Å²) in [6, 6.07) is 0. The molecule has 4 heteroatoms. The van der Waals surface area contributed by atoms with Crippen LogP contribution in [0.4, 0.5) is 0 Å². The Hall–Kier alpha value is -1.16. The number of aromatic nitrogens is 1. The Kier molecular flexibility index (Phi) is 2.80. The van der Waals surface area contributed by atoms with Gasteiger partial charge >= 0.3 is 5.97 Å². The molecule has 58 valence electrons. The number of carbonyl (C=O) groups excluding carboxylic acids is 1. The molecule has 0 atom stereocenters. The zero-order chi connectivity index (χ0) is 8.10. The number of nitrogens with zero attached hydrogens (tertiary/aromatic N) is 1. The summed E-state index contributed by atoms with van der Waals surface area (Å²) in [5, 5.41) is 2.13. The van der Waals surface area contributed by atoms with Gasteiger partial charge in [-0.05, 0) is 0 Å². The van der Waals surface area contributed by atoms with E-state index in [1.54, 1.807) is 11.6 Å². The second kappa shape index (κ2) is 3.88. The van der Waals surface area contributed by atoms with Crippen molar-refractivity contribution in [2.45, 2.75) is 6.42 Å². The quantitative estimate of drug-likeness (QED) is 0.510. The fourth-order valence-electron chi connectivity index (χ4n) is 0.518. The molecule has 11 heavy (non-hydrogen) atoms. The van der Waals surface area contributed by atoms with Crippen LogP contribution in [0.5, 0.6) is 5.19 Å². The van der Waals surface area contributed by atoms with E-state index < -0.39 is 0 Å². The highest BCUT2D eigenvalue weighted by molar-refractivity contribution is 7.11. The first-order chi connectivity index (χ1) is 5.33. The molecule has 0 fully saturated rings. The van der Waals surface area contributed by atoms with E-state index in [0.717, 1.165) is 0 Å². The van der Waals surface area contributed by atoms with Gasteiger partial charge in [0, 0.05) is 11.6 Å². The molecule has 0 unspecified atom stereocenters. The van der Waals surface area contributed by atoms with E-state index in [-0.39, 0.29) is 12.4 Å². The lowest BCUT2D eigenvalue weighted by atomic mass is 10.4. The lowest BCUT2D eigenvalue weighted by Crippen LogP contribution is -2.05. The van der Waals surface area contributed by atoms with Crippen molar-refractivity contribution in [2.24, 2.45) is 0 Å². The topological polar surface area (TPSA) is 39.2 Å². The minimum Gasteiger partial charge on any atom is -0.398 e. The van der Waals surface area contributed by atoms with Crippen molar-refractivity contribution in [1.29, 1.82) is 0 Å². The van der Waals surface area contributed by atoms with Gasteiger partial charge in [-0.25, -0.2) is 4.98 Å². The molecule has 1 rings (SSSR count). The van der Waals surface area contributed by atoms with Gasteiger partial charge in [-0.1, -0.05) is 17.4 Å². The number of hydrogen-bond donors (Lipinski definition) is 0. The summed E-state index contributed by atoms with van der Waals surface area (Å²) in [6.45, 7) is 3.41. The van der Waals surface area contributed by atoms with Crippen LogP contribution in [0.2, 0.25) is 0 Å². The van der Waals surface area contributed by atoms with Gasteiger partial charge in [0.1, 0.15) is 0 Å². The second-order valence-corrected chi connectivity index (χ2v) is 2.62. The molecule has 3 nitrogen and oxygen atoms in total. The highest BCUT2D eigenvalue weighted by Crippen LogP contribution is 2.13. The maximum atomic E-state index is 10.8. The first-order valence-electron chi connectivity index (χ1n) is 3.04. The van der Waals surface area contributed by atoms with Gasteiger partial charge in [-0.2, -0.15) is 0 Å². The molecule has 1 aromatic rings. The molecule has 0 amide bonds. The molecule has 0 saturated heterocycles. The molecule has 1 aromatic heterocycles. The van der Waals surface area contributed by atoms with Crippen molar-refractivity contribution in [3.63, 3.8) is 0 Å². The van der Waals surface area contributed by atoms with Crippen LogP contribution in [-0.4, -0.2) is 11.0 Å². The van der Waals surface area contributed by atoms with Crippen molar-refractivity contribution in [3.05, 3.63) is 24.2 Å². The summed E-state index contributed by atoms with van der Waals surface area (Å²) in [5.74, 6) is -0.324. The normalized spacial score (nSPS) is 9.09. The number of rotatable bonds is 3. The molecule has 0 aromatic carbocycles. The summed E-state index contributed by atoms with van der Waals surface area (Å²) in [6.07, 6.45) is 3.30. The minimum absolute atomic E-state index is 0.222. The molecule has 0 aliphatic rings. The van der Waals surface area contributed by atoms with Crippen LogP contribution in [0, 0.1) is 0 Å². The standard InChI is InChI=1S/C7H7NO2S/c1-2-3-6(9)10-7-8-4-5-11-7/h2,4-5H,1,3H2. The Morgan fingerprint density at radius 1 is 1.91 bits per heavy atom. The number of carbonyl (C=O) groups is 1. The van der Waals surface area contributed by atoms with E-state index in [2.05, 4.69) is 11.6 Å². The summed E-state index contributed by atoms with van der Waals surface area (Å²) >= 11 is 1.29. The Morgan fingerprint density at radius 2 is 2.73 bits per heavy atom. The fourth-order valence-corrected chi connectivity index (χ4v) is 1.02. The van der Waals surface area contributed by atoms with Crippen LogP contribution < -0.4 is 4.74 Å². The van der Waals surface area contributed by atoms with Crippen molar-refractivity contribution in [1.82, 2.24) is 4.98 Å².